The zero-order chi connectivity index (χ0) is 42.6. The number of fused-ring (bicyclic) bond motifs is 12. The Morgan fingerprint density at radius 3 is 1.29 bits per heavy atom. The molecule has 302 valence electrons. The second-order valence-corrected chi connectivity index (χ2v) is 16.9. The number of hydrogen-bond acceptors (Lipinski definition) is 3. The molecule has 4 aromatic heterocycles. The highest BCUT2D eigenvalue weighted by molar-refractivity contribution is 6.29. The van der Waals surface area contributed by atoms with Crippen LogP contribution < -0.4 is 0 Å². The van der Waals surface area contributed by atoms with Crippen molar-refractivity contribution in [2.24, 2.45) is 0 Å². The molecule has 14 aromatic rings. The molecule has 0 atom stereocenters. The fourth-order valence-electron chi connectivity index (χ4n) is 10.3. The first-order valence-electron chi connectivity index (χ1n) is 22.0. The summed E-state index contributed by atoms with van der Waals surface area (Å²) in [5.41, 5.74) is 10.9. The summed E-state index contributed by atoms with van der Waals surface area (Å²) in [5.74, 6) is 1.81. The van der Waals surface area contributed by atoms with Gasteiger partial charge in [-0.3, -0.25) is 4.57 Å². The maximum Gasteiger partial charge on any atom is 0.238 e. The second-order valence-electron chi connectivity index (χ2n) is 16.9. The molecule has 0 N–H and O–H groups in total. The summed E-state index contributed by atoms with van der Waals surface area (Å²) < 4.78 is 7.04. The largest absolute Gasteiger partial charge is 0.309 e. The molecule has 0 bridgehead atoms. The van der Waals surface area contributed by atoms with Crippen molar-refractivity contribution in [2.75, 3.05) is 0 Å². The van der Waals surface area contributed by atoms with Gasteiger partial charge in [-0.25, -0.2) is 4.98 Å². The Morgan fingerprint density at radius 2 is 0.708 bits per heavy atom. The summed E-state index contributed by atoms with van der Waals surface area (Å²) in [6, 6.07) is 78.0. The molecule has 0 amide bonds. The molecule has 0 fully saturated rings. The average Bonchev–Trinajstić information content (AvgIpc) is 4.01. The number of rotatable bonds is 5. The second kappa shape index (κ2) is 13.8. The predicted octanol–water partition coefficient (Wildman–Crippen LogP) is 14.8. The van der Waals surface area contributed by atoms with Gasteiger partial charge in [0.1, 0.15) is 0 Å². The van der Waals surface area contributed by atoms with Crippen LogP contribution in [0.25, 0.3) is 127 Å². The molecule has 0 aliphatic rings. The third kappa shape index (κ3) is 5.38. The first kappa shape index (κ1) is 35.7. The van der Waals surface area contributed by atoms with Gasteiger partial charge in [0.25, 0.3) is 0 Å². The van der Waals surface area contributed by atoms with Crippen LogP contribution in [0.5, 0.6) is 0 Å². The van der Waals surface area contributed by atoms with E-state index in [1.165, 1.54) is 43.4 Å². The Kier molecular flexibility index (Phi) is 7.59. The third-order valence-corrected chi connectivity index (χ3v) is 13.2. The van der Waals surface area contributed by atoms with Gasteiger partial charge in [-0.2, -0.15) is 9.97 Å². The normalized spacial score (nSPS) is 12.0. The molecule has 0 radical (unpaired) electrons. The Balaban J connectivity index is 1.01. The van der Waals surface area contributed by atoms with E-state index in [9.17, 15) is 0 Å². The van der Waals surface area contributed by atoms with Gasteiger partial charge in [0.05, 0.1) is 33.1 Å². The van der Waals surface area contributed by atoms with Gasteiger partial charge in [-0.15, -0.1) is 0 Å². The van der Waals surface area contributed by atoms with Gasteiger partial charge >= 0.3 is 0 Å². The first-order valence-corrected chi connectivity index (χ1v) is 22.0. The van der Waals surface area contributed by atoms with E-state index < -0.39 is 0 Å². The molecule has 0 saturated carbocycles. The maximum absolute atomic E-state index is 5.31. The predicted molar refractivity (Wildman–Crippen MR) is 269 cm³/mol. The summed E-state index contributed by atoms with van der Waals surface area (Å²) in [6.07, 6.45) is 0. The van der Waals surface area contributed by atoms with Crippen LogP contribution in [0.1, 0.15) is 0 Å². The summed E-state index contributed by atoms with van der Waals surface area (Å²) >= 11 is 0. The van der Waals surface area contributed by atoms with Crippen LogP contribution in [0.2, 0.25) is 0 Å². The molecule has 0 spiro atoms. The standard InChI is InChI=1S/C59H36N6/c1-2-18-43(19-3-1)63-50-24-12-9-21-46(50)55-53(63)32-33-54-56(55)47-22-10-13-25-51(47)64(54)44-30-31-52-48(36-44)45-20-8-11-23-49(45)65(52)59-61-57(41-28-26-37-14-4-6-16-39(37)34-41)60-58(62-59)42-29-27-38-15-5-7-17-40(38)35-42/h1-36H. The van der Waals surface area contributed by atoms with Gasteiger partial charge in [-0.1, -0.05) is 146 Å². The quantitative estimate of drug-likeness (QED) is 0.174. The Morgan fingerprint density at radius 1 is 0.262 bits per heavy atom. The molecule has 6 nitrogen and oxygen atoms in total. The maximum atomic E-state index is 5.31. The lowest BCUT2D eigenvalue weighted by molar-refractivity contribution is 0.953. The van der Waals surface area contributed by atoms with Crippen LogP contribution in [0.4, 0.5) is 0 Å². The zero-order valence-corrected chi connectivity index (χ0v) is 35.0. The average molecular weight is 829 g/mol. The number of benzene rings is 10. The summed E-state index contributed by atoms with van der Waals surface area (Å²) in [5, 5.41) is 11.8. The number of aromatic nitrogens is 6. The SMILES string of the molecule is c1ccc(-n2c3ccccc3c3c4c5ccccc5n(-c5ccc6c(c5)c5ccccc5n6-c5nc(-c6ccc7ccccc7c6)nc(-c6ccc7ccccc7c6)n5)c4ccc32)cc1. The lowest BCUT2D eigenvalue weighted by Crippen LogP contribution is -2.06. The van der Waals surface area contributed by atoms with E-state index in [1.807, 2.05) is 0 Å². The number of hydrogen-bond donors (Lipinski definition) is 0. The van der Waals surface area contributed by atoms with Crippen molar-refractivity contribution in [3.8, 4) is 40.1 Å². The third-order valence-electron chi connectivity index (χ3n) is 13.2. The van der Waals surface area contributed by atoms with E-state index in [1.54, 1.807) is 0 Å². The molecule has 0 aliphatic heterocycles. The van der Waals surface area contributed by atoms with Crippen molar-refractivity contribution in [1.29, 1.82) is 0 Å². The fraction of sp³-hybridized carbons (Fsp3) is 0. The molecule has 10 aromatic carbocycles. The van der Waals surface area contributed by atoms with Crippen LogP contribution in [0, 0.1) is 0 Å². The summed E-state index contributed by atoms with van der Waals surface area (Å²) in [6.45, 7) is 0. The van der Waals surface area contributed by atoms with E-state index in [-0.39, 0.29) is 0 Å². The van der Waals surface area contributed by atoms with Crippen LogP contribution in [-0.4, -0.2) is 28.7 Å². The van der Waals surface area contributed by atoms with E-state index in [4.69, 9.17) is 15.0 Å². The summed E-state index contributed by atoms with van der Waals surface area (Å²) in [7, 11) is 0. The van der Waals surface area contributed by atoms with Crippen molar-refractivity contribution < 1.29 is 0 Å². The van der Waals surface area contributed by atoms with E-state index in [2.05, 4.69) is 232 Å². The highest BCUT2D eigenvalue weighted by Gasteiger charge is 2.23. The minimum absolute atomic E-state index is 0.569. The monoisotopic (exact) mass is 828 g/mol. The van der Waals surface area contributed by atoms with Gasteiger partial charge in [0.2, 0.25) is 5.95 Å². The lowest BCUT2D eigenvalue weighted by Gasteiger charge is -2.12. The van der Waals surface area contributed by atoms with Gasteiger partial charge < -0.3 is 9.13 Å². The smallest absolute Gasteiger partial charge is 0.238 e. The zero-order valence-electron chi connectivity index (χ0n) is 35.0. The minimum atomic E-state index is 0.569. The Hall–Kier alpha value is -8.87. The van der Waals surface area contributed by atoms with Crippen molar-refractivity contribution in [3.05, 3.63) is 218 Å². The first-order chi connectivity index (χ1) is 32.2. The molecule has 6 heteroatoms. The molecule has 65 heavy (non-hydrogen) atoms. The van der Waals surface area contributed by atoms with E-state index in [0.717, 1.165) is 66.1 Å². The van der Waals surface area contributed by atoms with Crippen molar-refractivity contribution in [1.82, 2.24) is 28.7 Å². The Bertz CT molecular complexity index is 4150. The molecule has 14 rings (SSSR count). The molecule has 4 heterocycles. The van der Waals surface area contributed by atoms with Crippen LogP contribution >= 0.6 is 0 Å². The molecule has 0 saturated heterocycles. The Labute approximate surface area is 372 Å². The fourth-order valence-corrected chi connectivity index (χ4v) is 10.3. The minimum Gasteiger partial charge on any atom is -0.309 e. The highest BCUT2D eigenvalue weighted by atomic mass is 15.2. The van der Waals surface area contributed by atoms with Gasteiger partial charge in [-0.05, 0) is 94.3 Å². The van der Waals surface area contributed by atoms with Crippen LogP contribution in [-0.2, 0) is 0 Å². The van der Waals surface area contributed by atoms with Crippen LogP contribution in [0.3, 0.4) is 0 Å². The molecular weight excluding hydrogens is 793 g/mol. The van der Waals surface area contributed by atoms with Crippen molar-refractivity contribution >= 4 is 87.0 Å². The van der Waals surface area contributed by atoms with Crippen LogP contribution in [0.15, 0.2) is 218 Å². The number of nitrogens with zero attached hydrogens (tertiary/aromatic N) is 6. The molecular formula is C59H36N6. The van der Waals surface area contributed by atoms with Crippen molar-refractivity contribution in [2.45, 2.75) is 0 Å². The highest BCUT2D eigenvalue weighted by Crippen LogP contribution is 2.43. The molecule has 0 aliphatic carbocycles. The van der Waals surface area contributed by atoms with E-state index in [0.29, 0.717) is 17.6 Å². The number of para-hydroxylation sites is 4. The lowest BCUT2D eigenvalue weighted by atomic mass is 10.1. The van der Waals surface area contributed by atoms with Gasteiger partial charge in [0, 0.05) is 54.8 Å². The van der Waals surface area contributed by atoms with Gasteiger partial charge in [0.15, 0.2) is 11.6 Å². The van der Waals surface area contributed by atoms with E-state index >= 15 is 0 Å². The van der Waals surface area contributed by atoms with Crippen molar-refractivity contribution in [3.63, 3.8) is 0 Å². The topological polar surface area (TPSA) is 53.5 Å². The summed E-state index contributed by atoms with van der Waals surface area (Å²) in [4.78, 5) is 15.8. The molecule has 0 unspecified atom stereocenters.